The molecule has 2 aromatic carbocycles. The third kappa shape index (κ3) is 5.91. The maximum absolute atomic E-state index is 12.8. The lowest BCUT2D eigenvalue weighted by Crippen LogP contribution is -2.34. The van der Waals surface area contributed by atoms with Gasteiger partial charge in [-0.2, -0.15) is 0 Å². The van der Waals surface area contributed by atoms with Gasteiger partial charge in [0, 0.05) is 0 Å². The lowest BCUT2D eigenvalue weighted by molar-refractivity contribution is -0.154. The van der Waals surface area contributed by atoms with E-state index in [0.717, 1.165) is 5.56 Å². The highest BCUT2D eigenvalue weighted by molar-refractivity contribution is 5.82. The SMILES string of the molecule is C[C@@H](Oc1ccc(F)cc1)C(=O)OCC(=O)N[C@H](C)c1ccccc1. The fraction of sp³-hybridized carbons (Fsp3) is 0.263. The van der Waals surface area contributed by atoms with Gasteiger partial charge in [-0.3, -0.25) is 4.79 Å². The molecule has 0 saturated carbocycles. The molecule has 25 heavy (non-hydrogen) atoms. The highest BCUT2D eigenvalue weighted by atomic mass is 19.1. The third-order valence-electron chi connectivity index (χ3n) is 3.48. The van der Waals surface area contributed by atoms with E-state index in [4.69, 9.17) is 9.47 Å². The molecule has 0 bridgehead atoms. The Morgan fingerprint density at radius 2 is 1.68 bits per heavy atom. The molecule has 0 fully saturated rings. The summed E-state index contributed by atoms with van der Waals surface area (Å²) < 4.78 is 23.1. The van der Waals surface area contributed by atoms with Crippen molar-refractivity contribution < 1.29 is 23.5 Å². The average molecular weight is 345 g/mol. The highest BCUT2D eigenvalue weighted by Crippen LogP contribution is 2.14. The number of amides is 1. The molecule has 0 aliphatic rings. The monoisotopic (exact) mass is 345 g/mol. The summed E-state index contributed by atoms with van der Waals surface area (Å²) >= 11 is 0. The van der Waals surface area contributed by atoms with Crippen molar-refractivity contribution in [2.75, 3.05) is 6.61 Å². The van der Waals surface area contributed by atoms with Crippen LogP contribution >= 0.6 is 0 Å². The van der Waals surface area contributed by atoms with Crippen LogP contribution in [-0.4, -0.2) is 24.6 Å². The molecular weight excluding hydrogens is 325 g/mol. The van der Waals surface area contributed by atoms with Crippen LogP contribution in [0.5, 0.6) is 5.75 Å². The molecule has 0 saturated heterocycles. The Kier molecular flexibility index (Phi) is 6.51. The van der Waals surface area contributed by atoms with E-state index in [2.05, 4.69) is 5.32 Å². The lowest BCUT2D eigenvalue weighted by atomic mass is 10.1. The molecule has 2 rings (SSSR count). The van der Waals surface area contributed by atoms with Crippen molar-refractivity contribution in [2.45, 2.75) is 26.0 Å². The van der Waals surface area contributed by atoms with Crippen molar-refractivity contribution in [3.63, 3.8) is 0 Å². The first-order chi connectivity index (χ1) is 12.0. The number of benzene rings is 2. The number of esters is 1. The number of nitrogens with one attached hydrogen (secondary N) is 1. The zero-order valence-electron chi connectivity index (χ0n) is 14.1. The average Bonchev–Trinajstić information content (AvgIpc) is 2.62. The van der Waals surface area contributed by atoms with Crippen molar-refractivity contribution in [3.8, 4) is 5.75 Å². The van der Waals surface area contributed by atoms with Crippen LogP contribution in [0.3, 0.4) is 0 Å². The smallest absolute Gasteiger partial charge is 0.347 e. The van der Waals surface area contributed by atoms with Crippen molar-refractivity contribution in [2.24, 2.45) is 0 Å². The Bertz CT molecular complexity index is 703. The standard InChI is InChI=1S/C19H20FNO4/c1-13(15-6-4-3-5-7-15)21-18(22)12-24-19(23)14(2)25-17-10-8-16(20)9-11-17/h3-11,13-14H,12H2,1-2H3,(H,21,22)/t13-,14-/m1/s1. The Balaban J connectivity index is 1.76. The number of hydrogen-bond acceptors (Lipinski definition) is 4. The number of rotatable bonds is 7. The molecule has 1 amide bonds. The van der Waals surface area contributed by atoms with Gasteiger partial charge in [0.1, 0.15) is 11.6 Å². The Morgan fingerprint density at radius 1 is 1.04 bits per heavy atom. The molecule has 5 nitrogen and oxygen atoms in total. The predicted molar refractivity (Wildman–Crippen MR) is 90.4 cm³/mol. The molecule has 2 atom stereocenters. The van der Waals surface area contributed by atoms with Gasteiger partial charge in [-0.05, 0) is 43.7 Å². The van der Waals surface area contributed by atoms with Crippen LogP contribution in [0.25, 0.3) is 0 Å². The van der Waals surface area contributed by atoms with Gasteiger partial charge < -0.3 is 14.8 Å². The minimum Gasteiger partial charge on any atom is -0.479 e. The fourth-order valence-corrected chi connectivity index (χ4v) is 2.13. The highest BCUT2D eigenvalue weighted by Gasteiger charge is 2.18. The topological polar surface area (TPSA) is 64.6 Å². The summed E-state index contributed by atoms with van der Waals surface area (Å²) in [4.78, 5) is 23.8. The number of carbonyl (C=O) groups excluding carboxylic acids is 2. The molecule has 132 valence electrons. The van der Waals surface area contributed by atoms with Crippen LogP contribution < -0.4 is 10.1 Å². The molecule has 0 radical (unpaired) electrons. The van der Waals surface area contributed by atoms with E-state index in [0.29, 0.717) is 5.75 Å². The second kappa shape index (κ2) is 8.82. The van der Waals surface area contributed by atoms with Gasteiger partial charge in [0.05, 0.1) is 6.04 Å². The molecule has 0 unspecified atom stereocenters. The number of halogens is 1. The zero-order chi connectivity index (χ0) is 18.2. The molecule has 2 aromatic rings. The molecule has 6 heteroatoms. The summed E-state index contributed by atoms with van der Waals surface area (Å²) in [6.07, 6.45) is -0.912. The van der Waals surface area contributed by atoms with Crippen molar-refractivity contribution in [3.05, 3.63) is 66.0 Å². The summed E-state index contributed by atoms with van der Waals surface area (Å²) in [5, 5.41) is 2.75. The van der Waals surface area contributed by atoms with Gasteiger partial charge in [0.25, 0.3) is 5.91 Å². The van der Waals surface area contributed by atoms with Crippen LogP contribution in [0, 0.1) is 5.82 Å². The van der Waals surface area contributed by atoms with E-state index >= 15 is 0 Å². The van der Waals surface area contributed by atoms with Crippen LogP contribution in [0.2, 0.25) is 0 Å². The summed E-state index contributed by atoms with van der Waals surface area (Å²) in [5.41, 5.74) is 0.954. The Labute approximate surface area is 145 Å². The van der Waals surface area contributed by atoms with Gasteiger partial charge in [-0.15, -0.1) is 0 Å². The maximum Gasteiger partial charge on any atom is 0.347 e. The van der Waals surface area contributed by atoms with Gasteiger partial charge >= 0.3 is 5.97 Å². The normalized spacial score (nSPS) is 12.8. The van der Waals surface area contributed by atoms with Gasteiger partial charge in [-0.1, -0.05) is 30.3 Å². The van der Waals surface area contributed by atoms with E-state index in [1.807, 2.05) is 37.3 Å². The summed E-state index contributed by atoms with van der Waals surface area (Å²) in [6.45, 7) is 2.94. The number of carbonyl (C=O) groups is 2. The van der Waals surface area contributed by atoms with E-state index < -0.39 is 30.4 Å². The first kappa shape index (κ1) is 18.4. The molecule has 0 aliphatic heterocycles. The Morgan fingerprint density at radius 3 is 2.32 bits per heavy atom. The van der Waals surface area contributed by atoms with Gasteiger partial charge in [0.15, 0.2) is 12.7 Å². The lowest BCUT2D eigenvalue weighted by Gasteiger charge is -2.16. The van der Waals surface area contributed by atoms with E-state index in [9.17, 15) is 14.0 Å². The van der Waals surface area contributed by atoms with Crippen LogP contribution in [-0.2, 0) is 14.3 Å². The van der Waals surface area contributed by atoms with Crippen molar-refractivity contribution in [1.29, 1.82) is 0 Å². The van der Waals surface area contributed by atoms with Crippen molar-refractivity contribution in [1.82, 2.24) is 5.32 Å². The molecular formula is C19H20FNO4. The van der Waals surface area contributed by atoms with Crippen molar-refractivity contribution >= 4 is 11.9 Å². The van der Waals surface area contributed by atoms with E-state index in [-0.39, 0.29) is 6.04 Å². The number of ether oxygens (including phenoxy) is 2. The summed E-state index contributed by atoms with van der Waals surface area (Å²) in [7, 11) is 0. The molecule has 0 aromatic heterocycles. The second-order valence-corrected chi connectivity index (χ2v) is 5.52. The molecule has 0 heterocycles. The van der Waals surface area contributed by atoms with Gasteiger partial charge in [-0.25, -0.2) is 9.18 Å². The van der Waals surface area contributed by atoms with Crippen LogP contribution in [0.15, 0.2) is 54.6 Å². The fourth-order valence-electron chi connectivity index (χ4n) is 2.13. The predicted octanol–water partition coefficient (Wildman–Crippen LogP) is 3.01. The third-order valence-corrected chi connectivity index (χ3v) is 3.48. The quantitative estimate of drug-likeness (QED) is 0.784. The number of hydrogen-bond donors (Lipinski definition) is 1. The van der Waals surface area contributed by atoms with E-state index in [1.54, 1.807) is 0 Å². The molecule has 0 aliphatic carbocycles. The van der Waals surface area contributed by atoms with Gasteiger partial charge in [0.2, 0.25) is 0 Å². The summed E-state index contributed by atoms with van der Waals surface area (Å²) in [6, 6.07) is 14.5. The zero-order valence-corrected chi connectivity index (χ0v) is 14.1. The Hall–Kier alpha value is -2.89. The largest absolute Gasteiger partial charge is 0.479 e. The summed E-state index contributed by atoms with van der Waals surface area (Å²) in [5.74, 6) is -1.13. The minimum atomic E-state index is -0.912. The first-order valence-corrected chi connectivity index (χ1v) is 7.89. The molecule has 0 spiro atoms. The van der Waals surface area contributed by atoms with Crippen LogP contribution in [0.4, 0.5) is 4.39 Å². The minimum absolute atomic E-state index is 0.194. The second-order valence-electron chi connectivity index (χ2n) is 5.52. The molecule has 1 N–H and O–H groups in total. The van der Waals surface area contributed by atoms with E-state index in [1.165, 1.54) is 31.2 Å². The maximum atomic E-state index is 12.8. The van der Waals surface area contributed by atoms with Crippen LogP contribution in [0.1, 0.15) is 25.5 Å². The first-order valence-electron chi connectivity index (χ1n) is 7.89.